The lowest BCUT2D eigenvalue weighted by molar-refractivity contribution is 0.102. The van der Waals surface area contributed by atoms with Crippen LogP contribution in [0.3, 0.4) is 0 Å². The van der Waals surface area contributed by atoms with Crippen LogP contribution in [0.4, 0.5) is 4.79 Å². The minimum atomic E-state index is -0.788. The highest BCUT2D eigenvalue weighted by molar-refractivity contribution is 5.68. The number of nitrogens with one attached hydrogen (secondary N) is 1. The van der Waals surface area contributed by atoms with Crippen molar-refractivity contribution in [3.63, 3.8) is 0 Å². The van der Waals surface area contributed by atoms with Gasteiger partial charge < -0.3 is 25.2 Å². The molecule has 3 atom stereocenters. The third-order valence-corrected chi connectivity index (χ3v) is 3.73. The van der Waals surface area contributed by atoms with Gasteiger partial charge in [0.25, 0.3) is 0 Å². The fourth-order valence-electron chi connectivity index (χ4n) is 1.96. The SMILES string of the molecule is CCN(C)C(=O)OC1=CC(C(O)CNC(C)C)=CC(O)C1C. The van der Waals surface area contributed by atoms with Gasteiger partial charge in [0.15, 0.2) is 0 Å². The van der Waals surface area contributed by atoms with Crippen molar-refractivity contribution in [3.8, 4) is 0 Å². The van der Waals surface area contributed by atoms with Crippen molar-refractivity contribution in [2.45, 2.75) is 45.9 Å². The zero-order chi connectivity index (χ0) is 16.9. The van der Waals surface area contributed by atoms with Gasteiger partial charge in [-0.25, -0.2) is 4.79 Å². The van der Waals surface area contributed by atoms with Crippen LogP contribution in [0.1, 0.15) is 27.7 Å². The second-order valence-electron chi connectivity index (χ2n) is 5.95. The number of carbonyl (C=O) groups excluding carboxylic acids is 1. The second kappa shape index (κ2) is 8.31. The van der Waals surface area contributed by atoms with Crippen LogP contribution in [0.5, 0.6) is 0 Å². The first-order chi connectivity index (χ1) is 10.3. The zero-order valence-corrected chi connectivity index (χ0v) is 14.0. The molecule has 3 unspecified atom stereocenters. The van der Waals surface area contributed by atoms with Crippen LogP contribution in [0.15, 0.2) is 23.5 Å². The number of hydrogen-bond donors (Lipinski definition) is 3. The van der Waals surface area contributed by atoms with Crippen molar-refractivity contribution in [1.29, 1.82) is 0 Å². The molecule has 0 aromatic carbocycles. The molecule has 0 aromatic heterocycles. The van der Waals surface area contributed by atoms with Crippen molar-refractivity contribution in [2.75, 3.05) is 20.1 Å². The van der Waals surface area contributed by atoms with E-state index in [9.17, 15) is 15.0 Å². The molecule has 1 rings (SSSR count). The van der Waals surface area contributed by atoms with E-state index in [1.807, 2.05) is 20.8 Å². The van der Waals surface area contributed by atoms with Gasteiger partial charge in [-0.3, -0.25) is 0 Å². The van der Waals surface area contributed by atoms with Gasteiger partial charge in [0.05, 0.1) is 12.2 Å². The minimum Gasteiger partial charge on any atom is -0.414 e. The number of hydrogen-bond acceptors (Lipinski definition) is 5. The van der Waals surface area contributed by atoms with E-state index in [0.29, 0.717) is 24.4 Å². The van der Waals surface area contributed by atoms with Gasteiger partial charge in [-0.15, -0.1) is 0 Å². The Bertz CT molecular complexity index is 445. The predicted molar refractivity (Wildman–Crippen MR) is 85.3 cm³/mol. The molecule has 3 N–H and O–H groups in total. The lowest BCUT2D eigenvalue weighted by Gasteiger charge is -2.27. The fourth-order valence-corrected chi connectivity index (χ4v) is 1.96. The number of rotatable bonds is 6. The molecule has 1 aliphatic carbocycles. The summed E-state index contributed by atoms with van der Waals surface area (Å²) in [4.78, 5) is 13.3. The number of aliphatic hydroxyl groups is 2. The van der Waals surface area contributed by atoms with Crippen molar-refractivity contribution in [1.82, 2.24) is 10.2 Å². The molecule has 1 aliphatic rings. The molecule has 0 fully saturated rings. The van der Waals surface area contributed by atoms with Crippen molar-refractivity contribution in [3.05, 3.63) is 23.5 Å². The molecule has 6 nitrogen and oxygen atoms in total. The van der Waals surface area contributed by atoms with Crippen LogP contribution >= 0.6 is 0 Å². The average molecular weight is 312 g/mol. The van der Waals surface area contributed by atoms with Crippen LogP contribution in [-0.4, -0.2) is 59.6 Å². The zero-order valence-electron chi connectivity index (χ0n) is 14.0. The summed E-state index contributed by atoms with van der Waals surface area (Å²) < 4.78 is 5.35. The molecular formula is C16H28N2O4. The summed E-state index contributed by atoms with van der Waals surface area (Å²) in [5.74, 6) is 0.0436. The smallest absolute Gasteiger partial charge is 0.414 e. The summed E-state index contributed by atoms with van der Waals surface area (Å²) in [6.07, 6.45) is 1.23. The number of nitrogens with zero attached hydrogens (tertiary/aromatic N) is 1. The molecule has 22 heavy (non-hydrogen) atoms. The van der Waals surface area contributed by atoms with Crippen LogP contribution in [-0.2, 0) is 4.74 Å². The molecule has 0 aromatic rings. The van der Waals surface area contributed by atoms with Gasteiger partial charge in [0.2, 0.25) is 0 Å². The molecule has 0 saturated carbocycles. The molecule has 0 bridgehead atoms. The molecule has 1 amide bonds. The summed E-state index contributed by atoms with van der Waals surface area (Å²) in [5.41, 5.74) is 0.556. The Hall–Kier alpha value is -1.37. The van der Waals surface area contributed by atoms with Crippen molar-refractivity contribution in [2.24, 2.45) is 5.92 Å². The summed E-state index contributed by atoms with van der Waals surface area (Å²) >= 11 is 0. The maximum Gasteiger partial charge on any atom is 0.414 e. The normalized spacial score (nSPS) is 22.9. The number of aliphatic hydroxyl groups excluding tert-OH is 2. The van der Waals surface area contributed by atoms with Gasteiger partial charge in [-0.1, -0.05) is 20.8 Å². The Morgan fingerprint density at radius 2 is 2.14 bits per heavy atom. The number of ether oxygens (including phenoxy) is 1. The van der Waals surface area contributed by atoms with Crippen LogP contribution in [0, 0.1) is 5.92 Å². The van der Waals surface area contributed by atoms with Crippen LogP contribution in [0.25, 0.3) is 0 Å². The van der Waals surface area contributed by atoms with Gasteiger partial charge in [0.1, 0.15) is 5.76 Å². The first kappa shape index (κ1) is 18.7. The van der Waals surface area contributed by atoms with E-state index in [1.165, 1.54) is 4.90 Å². The summed E-state index contributed by atoms with van der Waals surface area (Å²) in [6.45, 7) is 8.51. The van der Waals surface area contributed by atoms with E-state index in [0.717, 1.165) is 0 Å². The van der Waals surface area contributed by atoms with Gasteiger partial charge >= 0.3 is 6.09 Å². The Labute approximate surface area is 132 Å². The Kier molecular flexibility index (Phi) is 7.06. The molecule has 0 spiro atoms. The Morgan fingerprint density at radius 3 is 2.68 bits per heavy atom. The maximum absolute atomic E-state index is 11.9. The lowest BCUT2D eigenvalue weighted by Crippen LogP contribution is -2.35. The quantitative estimate of drug-likeness (QED) is 0.688. The topological polar surface area (TPSA) is 82.0 Å². The van der Waals surface area contributed by atoms with Gasteiger partial charge in [-0.2, -0.15) is 0 Å². The first-order valence-electron chi connectivity index (χ1n) is 7.72. The third kappa shape index (κ3) is 5.12. The molecule has 126 valence electrons. The predicted octanol–water partition coefficient (Wildman–Crippen LogP) is 1.25. The van der Waals surface area contributed by atoms with Crippen LogP contribution < -0.4 is 5.32 Å². The highest BCUT2D eigenvalue weighted by atomic mass is 16.6. The molecule has 0 radical (unpaired) electrons. The van der Waals surface area contributed by atoms with Crippen molar-refractivity contribution >= 4 is 6.09 Å². The van der Waals surface area contributed by atoms with E-state index in [1.54, 1.807) is 26.1 Å². The standard InChI is InChI=1S/C16H28N2O4/c1-6-18(5)16(21)22-15-8-12(7-13(19)11(15)4)14(20)9-17-10(2)3/h7-8,10-11,13-14,17,19-20H,6,9H2,1-5H3. The molecular weight excluding hydrogens is 284 g/mol. The summed E-state index contributed by atoms with van der Waals surface area (Å²) in [7, 11) is 1.64. The van der Waals surface area contributed by atoms with Crippen molar-refractivity contribution < 1.29 is 19.7 Å². The highest BCUT2D eigenvalue weighted by Crippen LogP contribution is 2.27. The van der Waals surface area contributed by atoms with E-state index in [2.05, 4.69) is 5.32 Å². The van der Waals surface area contributed by atoms with Crippen LogP contribution in [0.2, 0.25) is 0 Å². The maximum atomic E-state index is 11.9. The minimum absolute atomic E-state index is 0.252. The number of amides is 1. The second-order valence-corrected chi connectivity index (χ2v) is 5.95. The van der Waals surface area contributed by atoms with Gasteiger partial charge in [0, 0.05) is 32.1 Å². The summed E-state index contributed by atoms with van der Waals surface area (Å²) in [5, 5.41) is 23.4. The largest absolute Gasteiger partial charge is 0.414 e. The lowest BCUT2D eigenvalue weighted by atomic mass is 9.91. The first-order valence-corrected chi connectivity index (χ1v) is 7.72. The average Bonchev–Trinajstić information content (AvgIpc) is 2.47. The fraction of sp³-hybridized carbons (Fsp3) is 0.688. The van der Waals surface area contributed by atoms with E-state index >= 15 is 0 Å². The van der Waals surface area contributed by atoms with E-state index < -0.39 is 18.3 Å². The van der Waals surface area contributed by atoms with E-state index in [-0.39, 0.29) is 12.0 Å². The van der Waals surface area contributed by atoms with E-state index in [4.69, 9.17) is 4.74 Å². The Balaban J connectivity index is 2.82. The molecule has 0 aliphatic heterocycles. The Morgan fingerprint density at radius 1 is 1.50 bits per heavy atom. The highest BCUT2D eigenvalue weighted by Gasteiger charge is 2.28. The molecule has 0 saturated heterocycles. The van der Waals surface area contributed by atoms with Gasteiger partial charge in [-0.05, 0) is 24.6 Å². The number of carbonyl (C=O) groups is 1. The molecule has 0 heterocycles. The third-order valence-electron chi connectivity index (χ3n) is 3.73. The summed E-state index contributed by atoms with van der Waals surface area (Å²) in [6, 6.07) is 0.252. The monoisotopic (exact) mass is 312 g/mol. The molecule has 6 heteroatoms.